The summed E-state index contributed by atoms with van der Waals surface area (Å²) in [5, 5.41) is 29.7. The third-order valence-electron chi connectivity index (χ3n) is 11.7. The largest absolute Gasteiger partial charge is 0.479 e. The predicted molar refractivity (Wildman–Crippen MR) is 196 cm³/mol. The van der Waals surface area contributed by atoms with Crippen LogP contribution >= 0.6 is 0 Å². The monoisotopic (exact) mass is 665 g/mol. The van der Waals surface area contributed by atoms with Crippen LogP contribution in [-0.2, 0) is 26.4 Å². The van der Waals surface area contributed by atoms with E-state index in [1.807, 2.05) is 32.1 Å². The highest BCUT2D eigenvalue weighted by Crippen LogP contribution is 2.46. The summed E-state index contributed by atoms with van der Waals surface area (Å²) in [4.78, 5) is 15.3. The highest BCUT2D eigenvalue weighted by molar-refractivity contribution is 5.67. The van der Waals surface area contributed by atoms with E-state index < -0.39 is 16.4 Å². The van der Waals surface area contributed by atoms with E-state index in [-0.39, 0.29) is 27.7 Å². The fourth-order valence-electron chi connectivity index (χ4n) is 7.65. The van der Waals surface area contributed by atoms with Crippen molar-refractivity contribution in [1.29, 1.82) is 15.8 Å². The van der Waals surface area contributed by atoms with Crippen LogP contribution in [0.2, 0.25) is 0 Å². The number of aromatic amines is 4. The van der Waals surface area contributed by atoms with E-state index in [1.54, 1.807) is 0 Å². The van der Waals surface area contributed by atoms with Gasteiger partial charge < -0.3 is 24.7 Å². The summed E-state index contributed by atoms with van der Waals surface area (Å²) in [5.74, 6) is 0.0655. The van der Waals surface area contributed by atoms with Crippen LogP contribution in [0.25, 0.3) is 6.08 Å². The van der Waals surface area contributed by atoms with Crippen molar-refractivity contribution in [1.82, 2.24) is 19.9 Å². The molecule has 6 heterocycles. The van der Waals surface area contributed by atoms with E-state index in [1.165, 1.54) is 0 Å². The third-order valence-corrected chi connectivity index (χ3v) is 11.7. The maximum atomic E-state index is 10.3. The second-order valence-corrected chi connectivity index (χ2v) is 15.8. The lowest BCUT2D eigenvalue weighted by Crippen LogP contribution is -2.28. The molecule has 0 aliphatic carbocycles. The van der Waals surface area contributed by atoms with Gasteiger partial charge in [0.05, 0.1) is 0 Å². The van der Waals surface area contributed by atoms with Crippen molar-refractivity contribution in [2.24, 2.45) is 0 Å². The van der Waals surface area contributed by atoms with E-state index >= 15 is 0 Å². The summed E-state index contributed by atoms with van der Waals surface area (Å²) in [6, 6.07) is 21.5. The summed E-state index contributed by atoms with van der Waals surface area (Å²) in [6.07, 6.45) is 5.14. The van der Waals surface area contributed by atoms with Gasteiger partial charge in [-0.05, 0) is 116 Å². The van der Waals surface area contributed by atoms with E-state index in [0.29, 0.717) is 18.4 Å². The number of hydrogen-bond acceptors (Lipinski definition) is 4. The van der Waals surface area contributed by atoms with E-state index in [2.05, 4.69) is 130 Å². The van der Waals surface area contributed by atoms with Gasteiger partial charge >= 0.3 is 0 Å². The molecule has 4 N–H and O–H groups in total. The van der Waals surface area contributed by atoms with Gasteiger partial charge in [0, 0.05) is 72.8 Å². The summed E-state index contributed by atoms with van der Waals surface area (Å²) in [5.41, 5.74) is 8.10. The Kier molecular flexibility index (Phi) is 8.00. The van der Waals surface area contributed by atoms with Gasteiger partial charge in [-0.25, -0.2) is 0 Å². The SMILES string of the molecule is CCC1(CC)OC(=C(C#N)C#N)C(C#N)=C1/C=C/c1cc2[nH]c1C(C)(C)c1ccc([nH]1)C(C)(C)c1ccc([nH]1)C(C)(C)c1ccc([nH]1)C2(C)C. The number of ether oxygens (including phenoxy) is 1. The molecule has 0 spiro atoms. The Hall–Kier alpha value is -5.39. The van der Waals surface area contributed by atoms with Crippen molar-refractivity contribution in [2.45, 2.75) is 109 Å². The van der Waals surface area contributed by atoms with Crippen molar-refractivity contribution in [3.05, 3.63) is 122 Å². The third kappa shape index (κ3) is 4.99. The van der Waals surface area contributed by atoms with Crippen LogP contribution in [-0.4, -0.2) is 25.5 Å². The molecule has 8 bridgehead atoms. The first-order valence-corrected chi connectivity index (χ1v) is 17.4. The van der Waals surface area contributed by atoms with E-state index in [9.17, 15) is 15.8 Å². The minimum atomic E-state index is -0.832. The zero-order valence-electron chi connectivity index (χ0n) is 30.9. The Morgan fingerprint density at radius 2 is 1.04 bits per heavy atom. The van der Waals surface area contributed by atoms with Crippen LogP contribution < -0.4 is 0 Å². The van der Waals surface area contributed by atoms with E-state index in [4.69, 9.17) is 4.74 Å². The van der Waals surface area contributed by atoms with Crippen LogP contribution in [0.15, 0.2) is 71.0 Å². The van der Waals surface area contributed by atoms with Gasteiger partial charge in [-0.2, -0.15) is 15.8 Å². The van der Waals surface area contributed by atoms with Crippen molar-refractivity contribution < 1.29 is 4.74 Å². The van der Waals surface area contributed by atoms with Gasteiger partial charge in [-0.1, -0.05) is 26.0 Å². The van der Waals surface area contributed by atoms with Crippen LogP contribution in [0.5, 0.6) is 0 Å². The number of nitrogens with zero attached hydrogens (tertiary/aromatic N) is 3. The van der Waals surface area contributed by atoms with Gasteiger partial charge in [-0.3, -0.25) is 0 Å². The maximum absolute atomic E-state index is 10.3. The topological polar surface area (TPSA) is 144 Å². The number of rotatable bonds is 4. The summed E-state index contributed by atoms with van der Waals surface area (Å²) in [6.45, 7) is 21.8. The summed E-state index contributed by atoms with van der Waals surface area (Å²) in [7, 11) is 0. The highest BCUT2D eigenvalue weighted by Gasteiger charge is 2.44. The van der Waals surface area contributed by atoms with Crippen LogP contribution in [0, 0.1) is 34.0 Å². The Morgan fingerprint density at radius 3 is 1.44 bits per heavy atom. The molecule has 8 nitrogen and oxygen atoms in total. The fourth-order valence-corrected chi connectivity index (χ4v) is 7.65. The number of nitrogens with one attached hydrogen (secondary N) is 4. The summed E-state index contributed by atoms with van der Waals surface area (Å²) < 4.78 is 6.34. The maximum Gasteiger partial charge on any atom is 0.172 e. The lowest BCUT2D eigenvalue weighted by Gasteiger charge is -2.29. The summed E-state index contributed by atoms with van der Waals surface area (Å²) >= 11 is 0. The lowest BCUT2D eigenvalue weighted by molar-refractivity contribution is 0.0524. The standard InChI is InChI=1S/C42H47N7O/c1-11-42(12-2)28(27(24-45)36(50-42)26(22-43)23-44)14-13-25-21-35-40(7,8)33-18-17-31(47-33)38(3,4)29-15-16-30(46-29)39(5,6)32-19-20-34(48-32)41(9,10)37(25)49-35/h13-21,46-49H,11-12H2,1-10H3/b14-13+. The molecule has 8 heteroatoms. The average molecular weight is 666 g/mol. The first kappa shape index (κ1) is 34.5. The zero-order chi connectivity index (χ0) is 36.4. The van der Waals surface area contributed by atoms with Crippen molar-refractivity contribution in [2.75, 3.05) is 0 Å². The molecule has 256 valence electrons. The molecule has 4 aromatic rings. The minimum Gasteiger partial charge on any atom is -0.479 e. The quantitative estimate of drug-likeness (QED) is 0.161. The van der Waals surface area contributed by atoms with Crippen molar-refractivity contribution in [3.63, 3.8) is 0 Å². The molecule has 0 saturated heterocycles. The molecule has 0 saturated carbocycles. The Bertz CT molecular complexity index is 2190. The lowest BCUT2D eigenvalue weighted by atomic mass is 9.82. The Morgan fingerprint density at radius 1 is 0.620 bits per heavy atom. The first-order chi connectivity index (χ1) is 23.5. The minimum absolute atomic E-state index is 0.0655. The molecule has 2 aliphatic heterocycles. The average Bonchev–Trinajstić information content (AvgIpc) is 3.92. The van der Waals surface area contributed by atoms with Crippen LogP contribution in [0.3, 0.4) is 0 Å². The van der Waals surface area contributed by atoms with Crippen LogP contribution in [0.1, 0.15) is 133 Å². The second-order valence-electron chi connectivity index (χ2n) is 15.8. The van der Waals surface area contributed by atoms with Gasteiger partial charge in [0.15, 0.2) is 11.3 Å². The second kappa shape index (κ2) is 11.6. The first-order valence-electron chi connectivity index (χ1n) is 17.4. The Balaban J connectivity index is 1.60. The number of H-pyrrole nitrogens is 4. The molecule has 0 aromatic carbocycles. The number of hydrogen-bond donors (Lipinski definition) is 4. The molecule has 50 heavy (non-hydrogen) atoms. The van der Waals surface area contributed by atoms with Crippen molar-refractivity contribution >= 4 is 6.08 Å². The fraction of sp³-hybridized carbons (Fsp3) is 0.405. The molecule has 4 aromatic heterocycles. The van der Waals surface area contributed by atoms with Gasteiger partial charge in [-0.15, -0.1) is 0 Å². The number of nitriles is 3. The highest BCUT2D eigenvalue weighted by atomic mass is 16.5. The molecule has 0 unspecified atom stereocenters. The Labute approximate surface area is 295 Å². The van der Waals surface area contributed by atoms with Gasteiger partial charge in [0.25, 0.3) is 0 Å². The predicted octanol–water partition coefficient (Wildman–Crippen LogP) is 9.34. The molecule has 2 aliphatic rings. The molecule has 6 rings (SSSR count). The molecule has 0 fully saturated rings. The van der Waals surface area contributed by atoms with Gasteiger partial charge in [0.2, 0.25) is 0 Å². The molecule has 0 radical (unpaired) electrons. The molecule has 0 amide bonds. The number of fused-ring (bicyclic) bond motifs is 8. The van der Waals surface area contributed by atoms with E-state index in [0.717, 1.165) is 51.1 Å². The van der Waals surface area contributed by atoms with Crippen molar-refractivity contribution in [3.8, 4) is 18.2 Å². The molecular weight excluding hydrogens is 619 g/mol. The smallest absolute Gasteiger partial charge is 0.172 e. The number of allylic oxidation sites excluding steroid dienone is 2. The normalized spacial score (nSPS) is 19.5. The van der Waals surface area contributed by atoms with Gasteiger partial charge in [0.1, 0.15) is 29.4 Å². The zero-order valence-corrected chi connectivity index (χ0v) is 30.9. The van der Waals surface area contributed by atoms with Crippen LogP contribution in [0.4, 0.5) is 0 Å². The molecule has 0 atom stereocenters. The number of aromatic nitrogens is 4. The molecular formula is C42H47N7O.